The molecule has 0 aliphatic heterocycles. The summed E-state index contributed by atoms with van der Waals surface area (Å²) in [6.45, 7) is 5.70. The van der Waals surface area contributed by atoms with Gasteiger partial charge in [-0.1, -0.05) is 0 Å². The Bertz CT molecular complexity index is 464. The predicted molar refractivity (Wildman–Crippen MR) is 81.5 cm³/mol. The predicted octanol–water partition coefficient (Wildman–Crippen LogP) is 1.81. The highest BCUT2D eigenvalue weighted by molar-refractivity contribution is 5.56. The largest absolute Gasteiger partial charge is 0.373 e. The van der Waals surface area contributed by atoms with Gasteiger partial charge in [0.25, 0.3) is 5.69 Å². The zero-order chi connectivity index (χ0) is 15.3. The molecule has 20 heavy (non-hydrogen) atoms. The maximum Gasteiger partial charge on any atom is 0.276 e. The number of pyridine rings is 1. The van der Waals surface area contributed by atoms with Crippen LogP contribution >= 0.6 is 0 Å². The molecule has 0 radical (unpaired) electrons. The minimum atomic E-state index is -0.392. The van der Waals surface area contributed by atoms with Crippen molar-refractivity contribution in [3.63, 3.8) is 0 Å². The maximum absolute atomic E-state index is 11.0. The van der Waals surface area contributed by atoms with E-state index in [9.17, 15) is 10.1 Å². The number of anilines is 2. The molecular weight excluding hydrogens is 258 g/mol. The molecule has 0 aliphatic carbocycles. The summed E-state index contributed by atoms with van der Waals surface area (Å²) in [6.07, 6.45) is 0. The van der Waals surface area contributed by atoms with Crippen molar-refractivity contribution >= 4 is 17.3 Å². The number of nitrogens with one attached hydrogen (secondary N) is 1. The second-order valence-corrected chi connectivity index (χ2v) is 4.97. The van der Waals surface area contributed by atoms with Crippen LogP contribution in [0.1, 0.15) is 13.8 Å². The Morgan fingerprint density at radius 3 is 2.55 bits per heavy atom. The molecule has 1 aromatic heterocycles. The van der Waals surface area contributed by atoms with Crippen molar-refractivity contribution in [2.75, 3.05) is 44.4 Å². The molecule has 1 aromatic rings. The minimum Gasteiger partial charge on any atom is -0.373 e. The van der Waals surface area contributed by atoms with Crippen molar-refractivity contribution in [3.05, 3.63) is 22.2 Å². The van der Waals surface area contributed by atoms with Crippen molar-refractivity contribution < 1.29 is 4.92 Å². The average Bonchev–Trinajstić information content (AvgIpc) is 2.38. The van der Waals surface area contributed by atoms with Gasteiger partial charge in [-0.3, -0.25) is 10.1 Å². The van der Waals surface area contributed by atoms with E-state index in [-0.39, 0.29) is 11.7 Å². The van der Waals surface area contributed by atoms with Gasteiger partial charge in [0.2, 0.25) is 0 Å². The van der Waals surface area contributed by atoms with Crippen LogP contribution in [0.15, 0.2) is 12.1 Å². The molecule has 0 bridgehead atoms. The molecule has 0 aliphatic rings. The monoisotopic (exact) mass is 281 g/mol. The van der Waals surface area contributed by atoms with Crippen molar-refractivity contribution in [1.29, 1.82) is 0 Å². The van der Waals surface area contributed by atoms with Gasteiger partial charge in [-0.05, 0) is 27.9 Å². The number of rotatable bonds is 7. The fraction of sp³-hybridized carbons (Fsp3) is 0.615. The first-order valence-corrected chi connectivity index (χ1v) is 6.64. The first kappa shape index (κ1) is 16.2. The zero-order valence-corrected chi connectivity index (χ0v) is 12.8. The average molecular weight is 281 g/mol. The Morgan fingerprint density at radius 2 is 2.10 bits per heavy atom. The third-order valence-electron chi connectivity index (χ3n) is 3.06. The second kappa shape index (κ2) is 7.04. The molecular formula is C13H23N5O2. The number of likely N-dealkylation sites (N-methyl/N-ethyl adjacent to an activating group) is 2. The van der Waals surface area contributed by atoms with Gasteiger partial charge in [0, 0.05) is 26.2 Å². The van der Waals surface area contributed by atoms with E-state index in [1.807, 2.05) is 21.0 Å². The Hall–Kier alpha value is -1.89. The lowest BCUT2D eigenvalue weighted by Gasteiger charge is -2.31. The molecule has 0 saturated carbocycles. The van der Waals surface area contributed by atoms with Crippen molar-refractivity contribution in [1.82, 2.24) is 9.88 Å². The Labute approximate surface area is 119 Å². The lowest BCUT2D eigenvalue weighted by molar-refractivity contribution is -0.384. The maximum atomic E-state index is 11.0. The molecule has 1 atom stereocenters. The number of hydrogen-bond donors (Lipinski definition) is 1. The number of nitro groups is 1. The molecule has 112 valence electrons. The van der Waals surface area contributed by atoms with Crippen LogP contribution < -0.4 is 10.2 Å². The fourth-order valence-electron chi connectivity index (χ4n) is 2.21. The number of aromatic nitrogens is 1. The van der Waals surface area contributed by atoms with Crippen molar-refractivity contribution in [2.24, 2.45) is 0 Å². The summed E-state index contributed by atoms with van der Waals surface area (Å²) in [5.74, 6) is 1.13. The molecule has 7 nitrogen and oxygen atoms in total. The van der Waals surface area contributed by atoms with Crippen LogP contribution in [0.4, 0.5) is 17.3 Å². The highest BCUT2D eigenvalue weighted by atomic mass is 16.6. The van der Waals surface area contributed by atoms with E-state index >= 15 is 0 Å². The van der Waals surface area contributed by atoms with Crippen LogP contribution in [-0.2, 0) is 0 Å². The summed E-state index contributed by atoms with van der Waals surface area (Å²) >= 11 is 0. The Kier molecular flexibility index (Phi) is 5.69. The molecule has 0 saturated heterocycles. The topological polar surface area (TPSA) is 74.5 Å². The second-order valence-electron chi connectivity index (χ2n) is 4.97. The van der Waals surface area contributed by atoms with E-state index < -0.39 is 4.92 Å². The third-order valence-corrected chi connectivity index (χ3v) is 3.06. The number of nitrogens with zero attached hydrogens (tertiary/aromatic N) is 4. The summed E-state index contributed by atoms with van der Waals surface area (Å²) in [5, 5.41) is 13.9. The van der Waals surface area contributed by atoms with Gasteiger partial charge >= 0.3 is 0 Å². The molecule has 1 rings (SSSR count). The minimum absolute atomic E-state index is 0.0508. The SMILES string of the molecule is CCN(c1cc([N+](=O)[O-])cc(NC)n1)C(C)CN(C)C. The first-order valence-electron chi connectivity index (χ1n) is 6.64. The third kappa shape index (κ3) is 4.06. The van der Waals surface area contributed by atoms with Gasteiger partial charge in [-0.25, -0.2) is 4.98 Å². The quantitative estimate of drug-likeness (QED) is 0.607. The molecule has 7 heteroatoms. The summed E-state index contributed by atoms with van der Waals surface area (Å²) < 4.78 is 0. The smallest absolute Gasteiger partial charge is 0.276 e. The highest BCUT2D eigenvalue weighted by Crippen LogP contribution is 2.24. The van der Waals surface area contributed by atoms with Gasteiger partial charge in [0.1, 0.15) is 11.6 Å². The summed E-state index contributed by atoms with van der Waals surface area (Å²) in [6, 6.07) is 3.18. The fourth-order valence-corrected chi connectivity index (χ4v) is 2.21. The summed E-state index contributed by atoms with van der Waals surface area (Å²) in [5.41, 5.74) is 0.0508. The van der Waals surface area contributed by atoms with E-state index in [1.54, 1.807) is 7.05 Å². The van der Waals surface area contributed by atoms with Crippen LogP contribution in [0.25, 0.3) is 0 Å². The standard InChI is InChI=1S/C13H23N5O2/c1-6-17(10(2)9-16(4)5)13-8-11(18(19)20)7-12(14-3)15-13/h7-8,10H,6,9H2,1-5H3,(H,14,15). The molecule has 1 N–H and O–H groups in total. The highest BCUT2D eigenvalue weighted by Gasteiger charge is 2.19. The van der Waals surface area contributed by atoms with Crippen LogP contribution in [0.5, 0.6) is 0 Å². The van der Waals surface area contributed by atoms with Crippen LogP contribution in [0.3, 0.4) is 0 Å². The van der Waals surface area contributed by atoms with Crippen molar-refractivity contribution in [3.8, 4) is 0 Å². The van der Waals surface area contributed by atoms with Gasteiger partial charge in [0.15, 0.2) is 0 Å². The van der Waals surface area contributed by atoms with Crippen molar-refractivity contribution in [2.45, 2.75) is 19.9 Å². The molecule has 0 fully saturated rings. The molecule has 1 heterocycles. The lowest BCUT2D eigenvalue weighted by Crippen LogP contribution is -2.40. The first-order chi connectivity index (χ1) is 9.38. The van der Waals surface area contributed by atoms with E-state index in [2.05, 4.69) is 27.0 Å². The van der Waals surface area contributed by atoms with E-state index in [0.717, 1.165) is 13.1 Å². The lowest BCUT2D eigenvalue weighted by atomic mass is 10.2. The molecule has 0 aromatic carbocycles. The normalized spacial score (nSPS) is 12.3. The van der Waals surface area contributed by atoms with E-state index in [4.69, 9.17) is 0 Å². The summed E-state index contributed by atoms with van der Waals surface area (Å²) in [7, 11) is 5.71. The molecule has 1 unspecified atom stereocenters. The molecule has 0 amide bonds. The summed E-state index contributed by atoms with van der Waals surface area (Å²) in [4.78, 5) is 19.2. The van der Waals surface area contributed by atoms with Crippen LogP contribution in [0.2, 0.25) is 0 Å². The Morgan fingerprint density at radius 1 is 1.45 bits per heavy atom. The zero-order valence-electron chi connectivity index (χ0n) is 12.8. The van der Waals surface area contributed by atoms with Crippen LogP contribution in [-0.4, -0.2) is 55.1 Å². The van der Waals surface area contributed by atoms with Gasteiger partial charge in [-0.2, -0.15) is 0 Å². The van der Waals surface area contributed by atoms with E-state index in [1.165, 1.54) is 12.1 Å². The van der Waals surface area contributed by atoms with Gasteiger partial charge in [-0.15, -0.1) is 0 Å². The number of hydrogen-bond acceptors (Lipinski definition) is 6. The van der Waals surface area contributed by atoms with Gasteiger partial charge in [0.05, 0.1) is 17.1 Å². The molecule has 0 spiro atoms. The van der Waals surface area contributed by atoms with E-state index in [0.29, 0.717) is 11.6 Å². The van der Waals surface area contributed by atoms with Crippen LogP contribution in [0, 0.1) is 10.1 Å². The Balaban J connectivity index is 3.13. The van der Waals surface area contributed by atoms with Gasteiger partial charge < -0.3 is 15.1 Å².